The third-order valence-corrected chi connectivity index (χ3v) is 2.57. The summed E-state index contributed by atoms with van der Waals surface area (Å²) < 4.78 is 12.9. The molecule has 0 heterocycles. The van der Waals surface area contributed by atoms with Crippen molar-refractivity contribution in [1.29, 1.82) is 0 Å². The Labute approximate surface area is 96.4 Å². The lowest BCUT2D eigenvalue weighted by atomic mass is 10.1. The Balaban J connectivity index is 2.59. The highest BCUT2D eigenvalue weighted by Crippen LogP contribution is 2.10. The molecule has 0 atom stereocenters. The molecule has 0 bridgehead atoms. The lowest BCUT2D eigenvalue weighted by molar-refractivity contribution is 0.625. The number of halogens is 1. The van der Waals surface area contributed by atoms with Crippen LogP contribution in [0.5, 0.6) is 0 Å². The van der Waals surface area contributed by atoms with E-state index < -0.39 is 0 Å². The molecular formula is C13H19FN2. The van der Waals surface area contributed by atoms with Crippen molar-refractivity contribution in [2.75, 3.05) is 6.54 Å². The maximum Gasteiger partial charge on any atom is 0.123 e. The first-order valence-corrected chi connectivity index (χ1v) is 5.55. The van der Waals surface area contributed by atoms with Gasteiger partial charge in [0.1, 0.15) is 5.82 Å². The summed E-state index contributed by atoms with van der Waals surface area (Å²) in [5.74, 6) is 0.778. The zero-order valence-electron chi connectivity index (χ0n) is 10.1. The molecule has 0 saturated heterocycles. The van der Waals surface area contributed by atoms with Crippen LogP contribution in [0, 0.1) is 18.7 Å². The average molecular weight is 222 g/mol. The third kappa shape index (κ3) is 3.65. The second kappa shape index (κ2) is 5.64. The molecule has 1 aromatic rings. The highest BCUT2D eigenvalue weighted by molar-refractivity contribution is 5.82. The van der Waals surface area contributed by atoms with Crippen LogP contribution in [0.4, 0.5) is 4.39 Å². The van der Waals surface area contributed by atoms with E-state index in [1.54, 1.807) is 6.07 Å². The fraction of sp³-hybridized carbons (Fsp3) is 0.462. The van der Waals surface area contributed by atoms with Crippen LogP contribution in [0.1, 0.15) is 25.0 Å². The van der Waals surface area contributed by atoms with Gasteiger partial charge >= 0.3 is 0 Å². The molecule has 88 valence electrons. The summed E-state index contributed by atoms with van der Waals surface area (Å²) in [5, 5.41) is 0. The molecular weight excluding hydrogens is 203 g/mol. The van der Waals surface area contributed by atoms with Crippen molar-refractivity contribution in [3.8, 4) is 0 Å². The van der Waals surface area contributed by atoms with E-state index in [1.165, 1.54) is 6.07 Å². The monoisotopic (exact) mass is 222 g/mol. The Hall–Kier alpha value is -1.38. The van der Waals surface area contributed by atoms with Crippen molar-refractivity contribution in [2.24, 2.45) is 16.6 Å². The van der Waals surface area contributed by atoms with Crippen molar-refractivity contribution in [3.05, 3.63) is 35.1 Å². The summed E-state index contributed by atoms with van der Waals surface area (Å²) in [7, 11) is 0. The minimum Gasteiger partial charge on any atom is -0.387 e. The fourth-order valence-electron chi connectivity index (χ4n) is 1.43. The van der Waals surface area contributed by atoms with Gasteiger partial charge < -0.3 is 5.73 Å². The molecule has 0 unspecified atom stereocenters. The van der Waals surface area contributed by atoms with Crippen molar-refractivity contribution in [2.45, 2.75) is 27.2 Å². The number of nitrogens with two attached hydrogens (primary N) is 1. The molecule has 0 radical (unpaired) electrons. The van der Waals surface area contributed by atoms with Crippen molar-refractivity contribution in [1.82, 2.24) is 0 Å². The normalized spacial score (nSPS) is 12.2. The number of amidine groups is 1. The van der Waals surface area contributed by atoms with Gasteiger partial charge in [0.2, 0.25) is 0 Å². The number of aliphatic imine (C=N–C) groups is 1. The molecule has 0 saturated carbocycles. The zero-order valence-corrected chi connectivity index (χ0v) is 10.1. The van der Waals surface area contributed by atoms with Crippen LogP contribution >= 0.6 is 0 Å². The first-order chi connectivity index (χ1) is 7.50. The molecule has 0 aliphatic carbocycles. The Morgan fingerprint density at radius 3 is 2.69 bits per heavy atom. The molecule has 0 amide bonds. The molecule has 0 aromatic heterocycles. The van der Waals surface area contributed by atoms with Crippen LogP contribution in [-0.2, 0) is 6.42 Å². The summed E-state index contributed by atoms with van der Waals surface area (Å²) >= 11 is 0. The number of rotatable bonds is 4. The Kier molecular flexibility index (Phi) is 4.47. The lowest BCUT2D eigenvalue weighted by Gasteiger charge is -2.06. The quantitative estimate of drug-likeness (QED) is 0.617. The van der Waals surface area contributed by atoms with Gasteiger partial charge in [-0.2, -0.15) is 0 Å². The van der Waals surface area contributed by atoms with Gasteiger partial charge in [0.25, 0.3) is 0 Å². The molecule has 3 heteroatoms. The smallest absolute Gasteiger partial charge is 0.123 e. The van der Waals surface area contributed by atoms with Gasteiger partial charge in [-0.15, -0.1) is 0 Å². The molecule has 2 N–H and O–H groups in total. The van der Waals surface area contributed by atoms with Crippen LogP contribution in [0.3, 0.4) is 0 Å². The summed E-state index contributed by atoms with van der Waals surface area (Å²) in [6.45, 7) is 6.61. The number of aryl methyl sites for hydroxylation is 1. The second-order valence-electron chi connectivity index (χ2n) is 4.28. The van der Waals surface area contributed by atoms with Gasteiger partial charge in [0, 0.05) is 12.5 Å². The molecule has 0 fully saturated rings. The van der Waals surface area contributed by atoms with E-state index in [4.69, 9.17) is 5.73 Å². The molecule has 1 rings (SSSR count). The predicted molar refractivity (Wildman–Crippen MR) is 66.2 cm³/mol. The Morgan fingerprint density at radius 1 is 1.44 bits per heavy atom. The van der Waals surface area contributed by atoms with E-state index in [9.17, 15) is 4.39 Å². The first kappa shape index (κ1) is 12.7. The topological polar surface area (TPSA) is 38.4 Å². The molecule has 1 aromatic carbocycles. The predicted octanol–water partition coefficient (Wildman–Crippen LogP) is 2.69. The van der Waals surface area contributed by atoms with Crippen LogP contribution in [0.25, 0.3) is 0 Å². The lowest BCUT2D eigenvalue weighted by Crippen LogP contribution is -2.19. The van der Waals surface area contributed by atoms with E-state index >= 15 is 0 Å². The SMILES string of the molecule is Cc1cc(F)ccc1CCN=C(N)C(C)C. The van der Waals surface area contributed by atoms with E-state index in [1.807, 2.05) is 26.8 Å². The summed E-state index contributed by atoms with van der Waals surface area (Å²) in [6.07, 6.45) is 0.805. The number of hydrogen-bond acceptors (Lipinski definition) is 1. The standard InChI is InChI=1S/C13H19FN2/c1-9(2)13(15)16-7-6-11-4-5-12(14)8-10(11)3/h4-5,8-9H,6-7H2,1-3H3,(H2,15,16). The van der Waals surface area contributed by atoms with E-state index in [0.717, 1.165) is 17.5 Å². The molecule has 0 aliphatic heterocycles. The maximum atomic E-state index is 12.9. The van der Waals surface area contributed by atoms with Gasteiger partial charge in [-0.1, -0.05) is 19.9 Å². The second-order valence-corrected chi connectivity index (χ2v) is 4.28. The number of benzene rings is 1. The van der Waals surface area contributed by atoms with E-state index in [0.29, 0.717) is 12.4 Å². The van der Waals surface area contributed by atoms with Crippen LogP contribution in [0.15, 0.2) is 23.2 Å². The maximum absolute atomic E-state index is 12.9. The van der Waals surface area contributed by atoms with Gasteiger partial charge in [-0.05, 0) is 36.6 Å². The van der Waals surface area contributed by atoms with Crippen molar-refractivity contribution in [3.63, 3.8) is 0 Å². The summed E-state index contributed by atoms with van der Waals surface area (Å²) in [4.78, 5) is 4.28. The summed E-state index contributed by atoms with van der Waals surface area (Å²) in [6, 6.07) is 4.84. The molecule has 2 nitrogen and oxygen atoms in total. The molecule has 0 spiro atoms. The average Bonchev–Trinajstić information content (AvgIpc) is 2.20. The number of nitrogens with zero attached hydrogens (tertiary/aromatic N) is 1. The van der Waals surface area contributed by atoms with Crippen LogP contribution in [0.2, 0.25) is 0 Å². The van der Waals surface area contributed by atoms with E-state index in [2.05, 4.69) is 4.99 Å². The number of hydrogen-bond donors (Lipinski definition) is 1. The first-order valence-electron chi connectivity index (χ1n) is 5.55. The molecule has 0 aliphatic rings. The highest BCUT2D eigenvalue weighted by Gasteiger charge is 2.01. The van der Waals surface area contributed by atoms with Gasteiger partial charge in [-0.25, -0.2) is 4.39 Å². The summed E-state index contributed by atoms with van der Waals surface area (Å²) in [5.41, 5.74) is 7.83. The van der Waals surface area contributed by atoms with Crippen molar-refractivity contribution < 1.29 is 4.39 Å². The third-order valence-electron chi connectivity index (χ3n) is 2.57. The fourth-order valence-corrected chi connectivity index (χ4v) is 1.43. The van der Waals surface area contributed by atoms with Gasteiger partial charge in [-0.3, -0.25) is 4.99 Å². The minimum atomic E-state index is -0.188. The van der Waals surface area contributed by atoms with E-state index in [-0.39, 0.29) is 11.7 Å². The Bertz CT molecular complexity index is 384. The van der Waals surface area contributed by atoms with Crippen LogP contribution in [-0.4, -0.2) is 12.4 Å². The van der Waals surface area contributed by atoms with Crippen LogP contribution < -0.4 is 5.73 Å². The largest absolute Gasteiger partial charge is 0.387 e. The van der Waals surface area contributed by atoms with Crippen molar-refractivity contribution >= 4 is 5.84 Å². The van der Waals surface area contributed by atoms with Gasteiger partial charge in [0.05, 0.1) is 5.84 Å². The zero-order chi connectivity index (χ0) is 12.1. The minimum absolute atomic E-state index is 0.188. The highest BCUT2D eigenvalue weighted by atomic mass is 19.1. The molecule has 16 heavy (non-hydrogen) atoms. The van der Waals surface area contributed by atoms with Gasteiger partial charge in [0.15, 0.2) is 0 Å². The Morgan fingerprint density at radius 2 is 2.12 bits per heavy atom.